The number of ether oxygens (including phenoxy) is 2. The van der Waals surface area contributed by atoms with Crippen LogP contribution >= 0.6 is 0 Å². The minimum absolute atomic E-state index is 0.372. The van der Waals surface area contributed by atoms with E-state index in [1.165, 1.54) is 0 Å². The van der Waals surface area contributed by atoms with E-state index in [1.807, 2.05) is 0 Å². The lowest BCUT2D eigenvalue weighted by molar-refractivity contribution is -0.145. The third-order valence-corrected chi connectivity index (χ3v) is 3.07. The van der Waals surface area contributed by atoms with Crippen LogP contribution in [-0.2, 0) is 9.47 Å². The molecule has 2 aliphatic heterocycles. The molecule has 4 heteroatoms. The van der Waals surface area contributed by atoms with Crippen molar-refractivity contribution in [2.45, 2.75) is 38.5 Å². The molecule has 88 valence electrons. The van der Waals surface area contributed by atoms with Crippen LogP contribution in [0.4, 0.5) is 0 Å². The summed E-state index contributed by atoms with van der Waals surface area (Å²) in [4.78, 5) is 2.50. The van der Waals surface area contributed by atoms with Gasteiger partial charge in [-0.05, 0) is 20.3 Å². The normalized spacial score (nSPS) is 39.2. The van der Waals surface area contributed by atoms with Gasteiger partial charge >= 0.3 is 0 Å². The molecule has 0 spiro atoms. The lowest BCUT2D eigenvalue weighted by Crippen LogP contribution is -2.56. The fourth-order valence-corrected chi connectivity index (χ4v) is 2.52. The van der Waals surface area contributed by atoms with Crippen molar-refractivity contribution in [2.24, 2.45) is 0 Å². The molecule has 2 aliphatic rings. The summed E-state index contributed by atoms with van der Waals surface area (Å²) in [6, 6.07) is 1.18. The maximum Gasteiger partial charge on any atom is 0.147 e. The lowest BCUT2D eigenvalue weighted by Gasteiger charge is -2.38. The summed E-state index contributed by atoms with van der Waals surface area (Å²) < 4.78 is 10.7. The van der Waals surface area contributed by atoms with Gasteiger partial charge in [0, 0.05) is 31.7 Å². The minimum Gasteiger partial charge on any atom is -0.355 e. The Hall–Kier alpha value is -0.160. The molecule has 0 aliphatic carbocycles. The third kappa shape index (κ3) is 3.41. The van der Waals surface area contributed by atoms with Crippen molar-refractivity contribution in [3.05, 3.63) is 0 Å². The zero-order chi connectivity index (χ0) is 10.7. The van der Waals surface area contributed by atoms with Crippen LogP contribution in [0.15, 0.2) is 0 Å². The number of nitrogens with one attached hydrogen (secondary N) is 1. The highest BCUT2D eigenvalue weighted by atomic mass is 16.7. The predicted molar refractivity (Wildman–Crippen MR) is 58.8 cm³/mol. The van der Waals surface area contributed by atoms with Gasteiger partial charge in [-0.2, -0.15) is 0 Å². The van der Waals surface area contributed by atoms with Gasteiger partial charge in [-0.15, -0.1) is 0 Å². The minimum atomic E-state index is 0.372. The molecular weight excluding hydrogens is 192 g/mol. The third-order valence-electron chi connectivity index (χ3n) is 3.07. The smallest absolute Gasteiger partial charge is 0.147 e. The molecule has 0 bridgehead atoms. The predicted octanol–water partition coefficient (Wildman–Crippen LogP) is 0.432. The first kappa shape index (κ1) is 11.3. The van der Waals surface area contributed by atoms with E-state index in [9.17, 15) is 0 Å². The van der Waals surface area contributed by atoms with Crippen molar-refractivity contribution in [1.29, 1.82) is 0 Å². The molecule has 2 heterocycles. The Kier molecular flexibility index (Phi) is 3.97. The summed E-state index contributed by atoms with van der Waals surface area (Å²) in [5, 5.41) is 3.54. The van der Waals surface area contributed by atoms with Gasteiger partial charge < -0.3 is 14.8 Å². The fraction of sp³-hybridized carbons (Fsp3) is 1.00. The van der Waals surface area contributed by atoms with E-state index < -0.39 is 0 Å². The van der Waals surface area contributed by atoms with Crippen molar-refractivity contribution in [1.82, 2.24) is 10.2 Å². The Morgan fingerprint density at radius 2 is 2.00 bits per heavy atom. The first-order valence-corrected chi connectivity index (χ1v) is 5.92. The number of piperazine rings is 1. The molecule has 0 amide bonds. The second-order valence-corrected chi connectivity index (χ2v) is 4.79. The van der Waals surface area contributed by atoms with E-state index in [-0.39, 0.29) is 0 Å². The van der Waals surface area contributed by atoms with Crippen LogP contribution in [-0.4, -0.2) is 56.1 Å². The Balaban J connectivity index is 1.77. The highest BCUT2D eigenvalue weighted by Crippen LogP contribution is 2.11. The van der Waals surface area contributed by atoms with Crippen LogP contribution in [0.25, 0.3) is 0 Å². The van der Waals surface area contributed by atoms with Crippen molar-refractivity contribution in [3.8, 4) is 0 Å². The first-order valence-electron chi connectivity index (χ1n) is 5.92. The lowest BCUT2D eigenvalue weighted by atomic mass is 10.1. The standard InChI is InChI=1S/C11H22N2O2/c1-9-5-13(6-10(2)12-9)7-11-3-4-14-8-15-11/h9-12H,3-8H2,1-2H3. The number of nitrogens with zero attached hydrogens (tertiary/aromatic N) is 1. The Morgan fingerprint density at radius 3 is 2.60 bits per heavy atom. The van der Waals surface area contributed by atoms with Crippen molar-refractivity contribution in [3.63, 3.8) is 0 Å². The zero-order valence-electron chi connectivity index (χ0n) is 9.74. The van der Waals surface area contributed by atoms with Crippen LogP contribution in [0.5, 0.6) is 0 Å². The van der Waals surface area contributed by atoms with E-state index in [0.29, 0.717) is 25.0 Å². The van der Waals surface area contributed by atoms with Crippen LogP contribution in [0.1, 0.15) is 20.3 Å². The molecular formula is C11H22N2O2. The van der Waals surface area contributed by atoms with E-state index in [4.69, 9.17) is 9.47 Å². The van der Waals surface area contributed by atoms with E-state index >= 15 is 0 Å². The van der Waals surface area contributed by atoms with Gasteiger partial charge in [0.2, 0.25) is 0 Å². The average molecular weight is 214 g/mol. The van der Waals surface area contributed by atoms with Crippen LogP contribution in [0.3, 0.4) is 0 Å². The summed E-state index contributed by atoms with van der Waals surface area (Å²) in [5.74, 6) is 0. The second kappa shape index (κ2) is 5.25. The zero-order valence-corrected chi connectivity index (χ0v) is 9.74. The second-order valence-electron chi connectivity index (χ2n) is 4.79. The SMILES string of the molecule is CC1CN(CC2CCOCO2)CC(C)N1. The van der Waals surface area contributed by atoms with Gasteiger partial charge in [-0.1, -0.05) is 0 Å². The molecule has 1 N–H and O–H groups in total. The molecule has 15 heavy (non-hydrogen) atoms. The molecule has 0 aromatic heterocycles. The van der Waals surface area contributed by atoms with Gasteiger partial charge in [0.1, 0.15) is 6.79 Å². The van der Waals surface area contributed by atoms with E-state index in [1.54, 1.807) is 0 Å². The molecule has 0 radical (unpaired) electrons. The molecule has 0 aromatic carbocycles. The number of hydrogen-bond donors (Lipinski definition) is 1. The summed E-state index contributed by atoms with van der Waals surface area (Å²) in [6.45, 7) is 9.13. The van der Waals surface area contributed by atoms with Crippen LogP contribution in [0, 0.1) is 0 Å². The van der Waals surface area contributed by atoms with Gasteiger partial charge in [-0.3, -0.25) is 4.90 Å². The van der Waals surface area contributed by atoms with E-state index in [2.05, 4.69) is 24.1 Å². The molecule has 2 fully saturated rings. The first-order chi connectivity index (χ1) is 7.24. The quantitative estimate of drug-likeness (QED) is 0.723. The summed E-state index contributed by atoms with van der Waals surface area (Å²) >= 11 is 0. The van der Waals surface area contributed by atoms with Gasteiger partial charge in [0.25, 0.3) is 0 Å². The monoisotopic (exact) mass is 214 g/mol. The van der Waals surface area contributed by atoms with Crippen molar-refractivity contribution in [2.75, 3.05) is 33.0 Å². The summed E-state index contributed by atoms with van der Waals surface area (Å²) in [7, 11) is 0. The van der Waals surface area contributed by atoms with Gasteiger partial charge in [0.05, 0.1) is 12.7 Å². The molecule has 4 nitrogen and oxygen atoms in total. The molecule has 0 aromatic rings. The Labute approximate surface area is 91.9 Å². The van der Waals surface area contributed by atoms with Gasteiger partial charge in [0.15, 0.2) is 0 Å². The molecule has 0 saturated carbocycles. The fourth-order valence-electron chi connectivity index (χ4n) is 2.52. The number of hydrogen-bond acceptors (Lipinski definition) is 4. The molecule has 2 rings (SSSR count). The molecule has 3 unspecified atom stereocenters. The van der Waals surface area contributed by atoms with Crippen LogP contribution in [0.2, 0.25) is 0 Å². The topological polar surface area (TPSA) is 33.7 Å². The van der Waals surface area contributed by atoms with Crippen molar-refractivity contribution < 1.29 is 9.47 Å². The molecule has 3 atom stereocenters. The van der Waals surface area contributed by atoms with Gasteiger partial charge in [-0.25, -0.2) is 0 Å². The average Bonchev–Trinajstić information content (AvgIpc) is 2.17. The number of rotatable bonds is 2. The Bertz CT molecular complexity index is 185. The highest BCUT2D eigenvalue weighted by molar-refractivity contribution is 4.82. The molecule has 2 saturated heterocycles. The van der Waals surface area contributed by atoms with E-state index in [0.717, 1.165) is 32.7 Å². The van der Waals surface area contributed by atoms with Crippen LogP contribution < -0.4 is 5.32 Å². The summed E-state index contributed by atoms with van der Waals surface area (Å²) in [6.07, 6.45) is 1.41. The maximum atomic E-state index is 5.57. The maximum absolute atomic E-state index is 5.57. The highest BCUT2D eigenvalue weighted by Gasteiger charge is 2.24. The van der Waals surface area contributed by atoms with Crippen molar-refractivity contribution >= 4 is 0 Å². The largest absolute Gasteiger partial charge is 0.355 e. The Morgan fingerprint density at radius 1 is 1.27 bits per heavy atom. The summed E-state index contributed by atoms with van der Waals surface area (Å²) in [5.41, 5.74) is 0.